The third-order valence-electron chi connectivity index (χ3n) is 9.23. The molecule has 4 aliphatic rings. The molecule has 0 amide bonds. The van der Waals surface area contributed by atoms with Crippen molar-refractivity contribution in [3.8, 4) is 0 Å². The number of aliphatic hydroxyl groups excluding tert-OH is 2. The van der Waals surface area contributed by atoms with Crippen molar-refractivity contribution in [3.63, 3.8) is 0 Å². The van der Waals surface area contributed by atoms with Gasteiger partial charge < -0.3 is 20.4 Å². The van der Waals surface area contributed by atoms with E-state index in [0.717, 1.165) is 32.1 Å². The zero-order chi connectivity index (χ0) is 19.8. The fraction of sp³-hybridized carbons (Fsp3) is 0.905. The molecular formula is C21H32O6. The second-order valence-corrected chi connectivity index (χ2v) is 10.2. The molecule has 0 aromatic heterocycles. The van der Waals surface area contributed by atoms with Crippen molar-refractivity contribution in [3.05, 3.63) is 0 Å². The quantitative estimate of drug-likeness (QED) is 0.580. The molecule has 27 heavy (non-hydrogen) atoms. The van der Waals surface area contributed by atoms with E-state index in [9.17, 15) is 30.0 Å². The predicted molar refractivity (Wildman–Crippen MR) is 96.7 cm³/mol. The van der Waals surface area contributed by atoms with Crippen LogP contribution in [0.25, 0.3) is 0 Å². The molecule has 6 heteroatoms. The van der Waals surface area contributed by atoms with Gasteiger partial charge in [0.2, 0.25) is 0 Å². The van der Waals surface area contributed by atoms with Crippen LogP contribution in [0.5, 0.6) is 0 Å². The van der Waals surface area contributed by atoms with E-state index in [1.165, 1.54) is 0 Å². The van der Waals surface area contributed by atoms with E-state index in [0.29, 0.717) is 12.3 Å². The van der Waals surface area contributed by atoms with Gasteiger partial charge in [-0.1, -0.05) is 13.8 Å². The van der Waals surface area contributed by atoms with Gasteiger partial charge in [-0.15, -0.1) is 0 Å². The first-order valence-corrected chi connectivity index (χ1v) is 10.4. The van der Waals surface area contributed by atoms with E-state index in [2.05, 4.69) is 6.92 Å². The molecule has 0 spiro atoms. The lowest BCUT2D eigenvalue weighted by Gasteiger charge is -2.60. The molecule has 0 heterocycles. The fourth-order valence-electron chi connectivity index (χ4n) is 7.74. The van der Waals surface area contributed by atoms with Crippen molar-refractivity contribution in [2.24, 2.45) is 34.5 Å². The Morgan fingerprint density at radius 1 is 1.15 bits per heavy atom. The Labute approximate surface area is 160 Å². The summed E-state index contributed by atoms with van der Waals surface area (Å²) < 4.78 is 0. The number of ketones is 1. The topological polar surface area (TPSA) is 115 Å². The molecule has 6 nitrogen and oxygen atoms in total. The number of hydrogen-bond acceptors (Lipinski definition) is 5. The molecule has 0 saturated heterocycles. The molecule has 152 valence electrons. The van der Waals surface area contributed by atoms with Gasteiger partial charge in [0.1, 0.15) is 11.4 Å². The summed E-state index contributed by atoms with van der Waals surface area (Å²) in [6, 6.07) is 0. The van der Waals surface area contributed by atoms with Crippen LogP contribution in [0, 0.1) is 34.5 Å². The van der Waals surface area contributed by atoms with E-state index < -0.39 is 23.1 Å². The number of carboxylic acid groups (broad SMARTS) is 1. The van der Waals surface area contributed by atoms with Crippen molar-refractivity contribution in [1.82, 2.24) is 0 Å². The van der Waals surface area contributed by atoms with Crippen LogP contribution in [0.3, 0.4) is 0 Å². The highest BCUT2D eigenvalue weighted by molar-refractivity contribution is 5.85. The van der Waals surface area contributed by atoms with Crippen molar-refractivity contribution < 1.29 is 30.0 Å². The van der Waals surface area contributed by atoms with Crippen LogP contribution in [0.2, 0.25) is 0 Å². The minimum absolute atomic E-state index is 0.0452. The second-order valence-electron chi connectivity index (χ2n) is 10.2. The molecule has 4 saturated carbocycles. The lowest BCUT2D eigenvalue weighted by atomic mass is 9.44. The first-order chi connectivity index (χ1) is 12.5. The van der Waals surface area contributed by atoms with Crippen molar-refractivity contribution in [1.29, 1.82) is 0 Å². The number of rotatable bonds is 2. The van der Waals surface area contributed by atoms with Gasteiger partial charge in [-0.05, 0) is 68.1 Å². The number of carbonyl (C=O) groups excluding carboxylic acids is 1. The average Bonchev–Trinajstić information content (AvgIpc) is 2.86. The predicted octanol–water partition coefficient (Wildman–Crippen LogP) is 1.75. The van der Waals surface area contributed by atoms with Gasteiger partial charge in [-0.2, -0.15) is 0 Å². The van der Waals surface area contributed by atoms with Crippen LogP contribution < -0.4 is 0 Å². The van der Waals surface area contributed by atoms with Gasteiger partial charge in [0.25, 0.3) is 0 Å². The Morgan fingerprint density at radius 2 is 1.85 bits per heavy atom. The molecular weight excluding hydrogens is 348 g/mol. The lowest BCUT2D eigenvalue weighted by molar-refractivity contribution is -0.201. The fourth-order valence-corrected chi connectivity index (χ4v) is 7.74. The molecule has 9 atom stereocenters. The van der Waals surface area contributed by atoms with E-state index >= 15 is 0 Å². The molecule has 0 radical (unpaired) electrons. The molecule has 9 unspecified atom stereocenters. The zero-order valence-electron chi connectivity index (χ0n) is 16.2. The maximum Gasteiger partial charge on any atom is 0.335 e. The van der Waals surface area contributed by atoms with Crippen LogP contribution in [0.4, 0.5) is 0 Å². The molecule has 4 rings (SSSR count). The summed E-state index contributed by atoms with van der Waals surface area (Å²) in [4.78, 5) is 24.8. The van der Waals surface area contributed by atoms with Crippen LogP contribution >= 0.6 is 0 Å². The van der Waals surface area contributed by atoms with E-state index in [1.54, 1.807) is 0 Å². The Morgan fingerprint density at radius 3 is 2.52 bits per heavy atom. The van der Waals surface area contributed by atoms with Crippen LogP contribution in [-0.4, -0.2) is 50.0 Å². The van der Waals surface area contributed by atoms with E-state index in [4.69, 9.17) is 0 Å². The highest BCUT2D eigenvalue weighted by atomic mass is 16.4. The number of fused-ring (bicyclic) bond motifs is 5. The second kappa shape index (κ2) is 6.01. The minimum Gasteiger partial charge on any atom is -0.479 e. The number of Topliss-reactive ketones (excluding diaryl/α,β-unsaturated/α-hetero) is 1. The highest BCUT2D eigenvalue weighted by Gasteiger charge is 2.69. The first-order valence-electron chi connectivity index (χ1n) is 10.4. The lowest BCUT2D eigenvalue weighted by Crippen LogP contribution is -2.63. The largest absolute Gasteiger partial charge is 0.479 e. The van der Waals surface area contributed by atoms with Crippen LogP contribution in [0.1, 0.15) is 65.2 Å². The smallest absolute Gasteiger partial charge is 0.335 e. The van der Waals surface area contributed by atoms with Gasteiger partial charge in [0.15, 0.2) is 6.10 Å². The van der Waals surface area contributed by atoms with Gasteiger partial charge in [0, 0.05) is 17.8 Å². The summed E-state index contributed by atoms with van der Waals surface area (Å²) >= 11 is 0. The third kappa shape index (κ3) is 2.42. The van der Waals surface area contributed by atoms with Crippen molar-refractivity contribution >= 4 is 11.8 Å². The summed E-state index contributed by atoms with van der Waals surface area (Å²) in [6.07, 6.45) is 3.04. The highest BCUT2D eigenvalue weighted by Crippen LogP contribution is 2.67. The summed E-state index contributed by atoms with van der Waals surface area (Å²) in [5, 5.41) is 40.9. The molecule has 4 N–H and O–H groups in total. The van der Waals surface area contributed by atoms with E-state index in [-0.39, 0.29) is 47.9 Å². The number of aliphatic carboxylic acids is 1. The standard InChI is InChI=1S/C21H32O6/c1-19-7-5-12(22)9-11(19)3-4-13-14-6-8-21(27,17(24)18(25)26)20(14,2)10-15(23)16(13)19/h11-14,16-17,22,24,27H,3-10H2,1-2H3,(H,25,26). The third-order valence-corrected chi connectivity index (χ3v) is 9.23. The molecule has 0 aliphatic heterocycles. The summed E-state index contributed by atoms with van der Waals surface area (Å²) in [5.74, 6) is -0.871. The Hall–Kier alpha value is -0.980. The number of carbonyl (C=O) groups is 2. The summed E-state index contributed by atoms with van der Waals surface area (Å²) in [5.41, 5.74) is -2.78. The normalized spacial score (nSPS) is 53.2. The number of carboxylic acids is 1. The SMILES string of the molecule is CC12CCC(O)CC1CCC1C2C(=O)CC2(C)C1CCC2(O)C(O)C(=O)O. The summed E-state index contributed by atoms with van der Waals surface area (Å²) in [6.45, 7) is 4.01. The van der Waals surface area contributed by atoms with Crippen LogP contribution in [0.15, 0.2) is 0 Å². The zero-order valence-corrected chi connectivity index (χ0v) is 16.2. The molecule has 0 bridgehead atoms. The first kappa shape index (κ1) is 19.3. The number of hydrogen-bond donors (Lipinski definition) is 4. The maximum absolute atomic E-state index is 13.4. The van der Waals surface area contributed by atoms with Crippen molar-refractivity contribution in [2.45, 2.75) is 83.0 Å². The minimum atomic E-state index is -1.87. The molecule has 4 aliphatic carbocycles. The molecule has 4 fully saturated rings. The van der Waals surface area contributed by atoms with Gasteiger partial charge in [-0.3, -0.25) is 4.79 Å². The molecule has 0 aromatic carbocycles. The number of aliphatic hydroxyl groups is 3. The Kier molecular flexibility index (Phi) is 4.30. The Balaban J connectivity index is 1.70. The van der Waals surface area contributed by atoms with Gasteiger partial charge in [-0.25, -0.2) is 4.79 Å². The Bertz CT molecular complexity index is 663. The van der Waals surface area contributed by atoms with E-state index in [1.807, 2.05) is 6.92 Å². The average molecular weight is 380 g/mol. The summed E-state index contributed by atoms with van der Waals surface area (Å²) in [7, 11) is 0. The van der Waals surface area contributed by atoms with Crippen molar-refractivity contribution in [2.75, 3.05) is 0 Å². The maximum atomic E-state index is 13.4. The van der Waals surface area contributed by atoms with Gasteiger partial charge in [0.05, 0.1) is 6.10 Å². The molecule has 0 aromatic rings. The monoisotopic (exact) mass is 380 g/mol. The van der Waals surface area contributed by atoms with Crippen LogP contribution in [-0.2, 0) is 9.59 Å². The van der Waals surface area contributed by atoms with Gasteiger partial charge >= 0.3 is 5.97 Å².